The predicted molar refractivity (Wildman–Crippen MR) is 73.6 cm³/mol. The van der Waals surface area contributed by atoms with Crippen LogP contribution in [0.2, 0.25) is 0 Å². The Morgan fingerprint density at radius 2 is 2.21 bits per heavy atom. The van der Waals surface area contributed by atoms with Crippen LogP contribution >= 0.6 is 15.9 Å². The third kappa shape index (κ3) is 3.36. The van der Waals surface area contributed by atoms with Crippen molar-refractivity contribution in [3.8, 4) is 5.75 Å². The third-order valence-corrected chi connectivity index (χ3v) is 3.42. The summed E-state index contributed by atoms with van der Waals surface area (Å²) in [6.45, 7) is 2.23. The molecule has 1 aromatic carbocycles. The maximum Gasteiger partial charge on any atom is 0.300 e. The number of hydrogen-bond acceptors (Lipinski definition) is 4. The lowest BCUT2D eigenvalue weighted by Crippen LogP contribution is -2.29. The highest BCUT2D eigenvalue weighted by molar-refractivity contribution is 9.10. The Balaban J connectivity index is 2.00. The number of carbonyl (C=O) groups is 1. The Bertz CT molecular complexity index is 595. The third-order valence-electron chi connectivity index (χ3n) is 2.53. The van der Waals surface area contributed by atoms with E-state index in [1.165, 1.54) is 0 Å². The number of ether oxygens (including phenoxy) is 1. The van der Waals surface area contributed by atoms with Crippen LogP contribution in [0.5, 0.6) is 5.75 Å². The smallest absolute Gasteiger partial charge is 0.300 e. The Kier molecular flexibility index (Phi) is 4.24. The van der Waals surface area contributed by atoms with Gasteiger partial charge in [-0.2, -0.15) is 0 Å². The van der Waals surface area contributed by atoms with Gasteiger partial charge in [-0.25, -0.2) is 5.84 Å². The summed E-state index contributed by atoms with van der Waals surface area (Å²) in [7, 11) is 0. The molecule has 0 fully saturated rings. The van der Waals surface area contributed by atoms with E-state index in [0.717, 1.165) is 15.8 Å². The van der Waals surface area contributed by atoms with Gasteiger partial charge >= 0.3 is 5.91 Å². The van der Waals surface area contributed by atoms with E-state index in [-0.39, 0.29) is 12.4 Å². The van der Waals surface area contributed by atoms with E-state index in [4.69, 9.17) is 15.0 Å². The van der Waals surface area contributed by atoms with Gasteiger partial charge in [0.25, 0.3) is 0 Å². The molecular formula is C13H13BrN2O3. The molecule has 0 radical (unpaired) electrons. The van der Waals surface area contributed by atoms with Gasteiger partial charge in [0.05, 0.1) is 0 Å². The second-order valence-electron chi connectivity index (χ2n) is 3.94. The van der Waals surface area contributed by atoms with Gasteiger partial charge in [0.15, 0.2) is 5.76 Å². The van der Waals surface area contributed by atoms with Crippen molar-refractivity contribution < 1.29 is 13.9 Å². The van der Waals surface area contributed by atoms with Gasteiger partial charge in [-0.05, 0) is 42.8 Å². The summed E-state index contributed by atoms with van der Waals surface area (Å²) in [5.74, 6) is 6.00. The Morgan fingerprint density at radius 1 is 1.42 bits per heavy atom. The molecule has 0 aliphatic heterocycles. The number of amides is 1. The number of halogens is 1. The Labute approximate surface area is 118 Å². The second-order valence-corrected chi connectivity index (χ2v) is 4.79. The maximum atomic E-state index is 11.2. The number of nitrogens with one attached hydrogen (secondary N) is 1. The van der Waals surface area contributed by atoms with Crippen LogP contribution in [0.4, 0.5) is 0 Å². The number of rotatable bonds is 4. The lowest BCUT2D eigenvalue weighted by molar-refractivity contribution is 0.0922. The molecule has 1 amide bonds. The molecule has 3 N–H and O–H groups in total. The monoisotopic (exact) mass is 324 g/mol. The van der Waals surface area contributed by atoms with Crippen LogP contribution in [0, 0.1) is 6.92 Å². The summed E-state index contributed by atoms with van der Waals surface area (Å²) >= 11 is 3.42. The molecule has 19 heavy (non-hydrogen) atoms. The first-order valence-corrected chi connectivity index (χ1v) is 6.38. The molecule has 0 bridgehead atoms. The molecule has 5 nitrogen and oxygen atoms in total. The average Bonchev–Trinajstić information content (AvgIpc) is 2.88. The van der Waals surface area contributed by atoms with Crippen molar-refractivity contribution in [1.82, 2.24) is 5.43 Å². The summed E-state index contributed by atoms with van der Waals surface area (Å²) < 4.78 is 11.9. The van der Waals surface area contributed by atoms with Crippen molar-refractivity contribution in [2.24, 2.45) is 5.84 Å². The van der Waals surface area contributed by atoms with Gasteiger partial charge in [-0.15, -0.1) is 0 Å². The number of nitrogen functional groups attached to an aromatic ring is 1. The normalized spacial score (nSPS) is 10.3. The zero-order valence-corrected chi connectivity index (χ0v) is 11.9. The van der Waals surface area contributed by atoms with E-state index in [2.05, 4.69) is 15.9 Å². The van der Waals surface area contributed by atoms with E-state index in [0.29, 0.717) is 5.76 Å². The van der Waals surface area contributed by atoms with Crippen LogP contribution in [-0.4, -0.2) is 5.91 Å². The fourth-order valence-corrected chi connectivity index (χ4v) is 1.76. The van der Waals surface area contributed by atoms with Crippen molar-refractivity contribution in [1.29, 1.82) is 0 Å². The van der Waals surface area contributed by atoms with Crippen LogP contribution in [-0.2, 0) is 6.61 Å². The molecule has 0 atom stereocenters. The fraction of sp³-hybridized carbons (Fsp3) is 0.154. The first-order chi connectivity index (χ1) is 9.10. The van der Waals surface area contributed by atoms with Crippen LogP contribution in [0.15, 0.2) is 39.2 Å². The first kappa shape index (κ1) is 13.6. The molecule has 0 aliphatic rings. The number of nitrogens with two attached hydrogens (primary N) is 1. The minimum atomic E-state index is -0.467. The molecule has 6 heteroatoms. The van der Waals surface area contributed by atoms with Crippen molar-refractivity contribution in [2.45, 2.75) is 13.5 Å². The molecule has 0 aliphatic carbocycles. The number of carbonyl (C=O) groups excluding carboxylic acids is 1. The van der Waals surface area contributed by atoms with E-state index < -0.39 is 5.91 Å². The van der Waals surface area contributed by atoms with Gasteiger partial charge in [0.1, 0.15) is 18.1 Å². The second kappa shape index (κ2) is 5.90. The Hall–Kier alpha value is -1.79. The van der Waals surface area contributed by atoms with E-state index in [1.807, 2.05) is 30.5 Å². The SMILES string of the molecule is Cc1cc(OCc2ccc(C(=O)NN)o2)ccc1Br. The van der Waals surface area contributed by atoms with Gasteiger partial charge in [0, 0.05) is 4.47 Å². The number of benzene rings is 1. The van der Waals surface area contributed by atoms with Crippen molar-refractivity contribution in [3.63, 3.8) is 0 Å². The summed E-state index contributed by atoms with van der Waals surface area (Å²) in [5.41, 5.74) is 3.09. The highest BCUT2D eigenvalue weighted by Gasteiger charge is 2.09. The molecular weight excluding hydrogens is 312 g/mol. The van der Waals surface area contributed by atoms with Crippen molar-refractivity contribution in [3.05, 3.63) is 51.9 Å². The summed E-state index contributed by atoms with van der Waals surface area (Å²) in [5, 5.41) is 0. The van der Waals surface area contributed by atoms with Crippen LogP contribution < -0.4 is 16.0 Å². The Morgan fingerprint density at radius 3 is 2.89 bits per heavy atom. The summed E-state index contributed by atoms with van der Waals surface area (Å²) in [4.78, 5) is 11.2. The number of hydrazine groups is 1. The molecule has 0 unspecified atom stereocenters. The maximum absolute atomic E-state index is 11.2. The van der Waals surface area contributed by atoms with Crippen LogP contribution in [0.25, 0.3) is 0 Å². The highest BCUT2D eigenvalue weighted by atomic mass is 79.9. The molecule has 1 aromatic heterocycles. The lowest BCUT2D eigenvalue weighted by atomic mass is 10.2. The van der Waals surface area contributed by atoms with E-state index in [9.17, 15) is 4.79 Å². The van der Waals surface area contributed by atoms with Gasteiger partial charge < -0.3 is 9.15 Å². The van der Waals surface area contributed by atoms with Crippen molar-refractivity contribution >= 4 is 21.8 Å². The quantitative estimate of drug-likeness (QED) is 0.514. The van der Waals surface area contributed by atoms with Crippen LogP contribution in [0.1, 0.15) is 21.9 Å². The molecule has 0 saturated carbocycles. The summed E-state index contributed by atoms with van der Waals surface area (Å²) in [6.07, 6.45) is 0. The molecule has 2 rings (SSSR count). The fourth-order valence-electron chi connectivity index (χ4n) is 1.51. The standard InChI is InChI=1S/C13H13BrN2O3/c1-8-6-9(2-4-11(8)14)18-7-10-3-5-12(19-10)13(17)16-15/h2-6H,7,15H2,1H3,(H,16,17). The van der Waals surface area contributed by atoms with Gasteiger partial charge in [-0.1, -0.05) is 15.9 Å². The van der Waals surface area contributed by atoms with Gasteiger partial charge in [0.2, 0.25) is 0 Å². The highest BCUT2D eigenvalue weighted by Crippen LogP contribution is 2.22. The van der Waals surface area contributed by atoms with E-state index >= 15 is 0 Å². The molecule has 100 valence electrons. The molecule has 1 heterocycles. The minimum absolute atomic E-state index is 0.160. The zero-order valence-electron chi connectivity index (χ0n) is 10.3. The largest absolute Gasteiger partial charge is 0.486 e. The molecule has 0 spiro atoms. The topological polar surface area (TPSA) is 77.5 Å². The van der Waals surface area contributed by atoms with Crippen molar-refractivity contribution in [2.75, 3.05) is 0 Å². The first-order valence-electron chi connectivity index (χ1n) is 5.59. The van der Waals surface area contributed by atoms with E-state index in [1.54, 1.807) is 12.1 Å². The predicted octanol–water partition coefficient (Wildman–Crippen LogP) is 2.53. The minimum Gasteiger partial charge on any atom is -0.486 e. The average molecular weight is 325 g/mol. The number of furan rings is 1. The van der Waals surface area contributed by atoms with Gasteiger partial charge in [-0.3, -0.25) is 10.2 Å². The molecule has 2 aromatic rings. The zero-order chi connectivity index (χ0) is 13.8. The van der Waals surface area contributed by atoms with Crippen LogP contribution in [0.3, 0.4) is 0 Å². The molecule has 0 saturated heterocycles. The summed E-state index contributed by atoms with van der Waals surface area (Å²) in [6, 6.07) is 8.91. The number of aryl methyl sites for hydroxylation is 1. The number of hydrogen-bond donors (Lipinski definition) is 2. The lowest BCUT2D eigenvalue weighted by Gasteiger charge is -2.06.